The number of benzene rings is 14. The molecule has 3 heteroatoms. The zero-order chi connectivity index (χ0) is 58.4. The molecule has 2 spiro atoms. The summed E-state index contributed by atoms with van der Waals surface area (Å²) in [6, 6.07) is 125. The molecule has 0 bridgehead atoms. The van der Waals surface area contributed by atoms with Crippen molar-refractivity contribution in [1.29, 1.82) is 0 Å². The molecule has 4 aliphatic rings. The van der Waals surface area contributed by atoms with Gasteiger partial charge >= 0.3 is 0 Å². The Morgan fingerprint density at radius 1 is 0.202 bits per heavy atom. The van der Waals surface area contributed by atoms with E-state index in [1.165, 1.54) is 111 Å². The van der Waals surface area contributed by atoms with Crippen LogP contribution in [0.3, 0.4) is 0 Å². The minimum atomic E-state index is -0.520. The summed E-state index contributed by atoms with van der Waals surface area (Å²) >= 11 is 0. The van der Waals surface area contributed by atoms with Crippen molar-refractivity contribution in [2.24, 2.45) is 0 Å². The van der Waals surface area contributed by atoms with Gasteiger partial charge in [0.15, 0.2) is 0 Å². The molecule has 4 aliphatic carbocycles. The SMILES string of the molecule is c1ccc(N(c2cc(-c3ccc4c(c3)c3ccccc3n4-c3ccccc3)cc(N(c3ccccc3)c3ccc4c(c3)C3(c5ccccc5-c5ccccc53)c3ccccc3-4)c2)c2ccc3c(c2)C2(c4ccccc4-c4ccccc42)c2ccccc2-3)cc1. The van der Waals surface area contributed by atoms with Gasteiger partial charge in [0.1, 0.15) is 0 Å². The number of para-hydroxylation sites is 4. The average Bonchev–Trinajstić information content (AvgIpc) is 1.60. The zero-order valence-electron chi connectivity index (χ0n) is 48.6. The first-order valence-electron chi connectivity index (χ1n) is 31.0. The van der Waals surface area contributed by atoms with E-state index in [4.69, 9.17) is 0 Å². The molecule has 15 aromatic rings. The summed E-state index contributed by atoms with van der Waals surface area (Å²) in [5.74, 6) is 0. The van der Waals surface area contributed by atoms with E-state index in [0.717, 1.165) is 50.9 Å². The topological polar surface area (TPSA) is 11.4 Å². The fourth-order valence-corrected chi connectivity index (χ4v) is 16.5. The largest absolute Gasteiger partial charge is 0.310 e. The lowest BCUT2D eigenvalue weighted by molar-refractivity contribution is 0.793. The van der Waals surface area contributed by atoms with Crippen molar-refractivity contribution >= 4 is 55.9 Å². The lowest BCUT2D eigenvalue weighted by Crippen LogP contribution is -2.26. The molecule has 3 nitrogen and oxygen atoms in total. The number of aromatic nitrogens is 1. The fraction of sp³-hybridized carbons (Fsp3) is 0.0233. The van der Waals surface area contributed by atoms with E-state index in [2.05, 4.69) is 348 Å². The fourth-order valence-electron chi connectivity index (χ4n) is 16.5. The molecule has 0 fully saturated rings. The van der Waals surface area contributed by atoms with Gasteiger partial charge < -0.3 is 14.4 Å². The number of rotatable bonds is 8. The van der Waals surface area contributed by atoms with Gasteiger partial charge in [-0.1, -0.05) is 237 Å². The van der Waals surface area contributed by atoms with Crippen LogP contribution >= 0.6 is 0 Å². The molecule has 0 atom stereocenters. The number of hydrogen-bond donors (Lipinski definition) is 0. The summed E-state index contributed by atoms with van der Waals surface area (Å²) in [4.78, 5) is 5.00. The molecule has 14 aromatic carbocycles. The number of fused-ring (bicyclic) bond motifs is 23. The zero-order valence-corrected chi connectivity index (χ0v) is 48.6. The third-order valence-corrected chi connectivity index (χ3v) is 19.9. The third-order valence-electron chi connectivity index (χ3n) is 19.9. The Labute approximate surface area is 517 Å². The van der Waals surface area contributed by atoms with Crippen molar-refractivity contribution in [1.82, 2.24) is 4.57 Å². The minimum Gasteiger partial charge on any atom is -0.310 e. The molecule has 0 radical (unpaired) electrons. The maximum atomic E-state index is 2.52. The first-order chi connectivity index (χ1) is 44.2. The van der Waals surface area contributed by atoms with Gasteiger partial charge in [0, 0.05) is 50.6 Å². The average molecular weight is 1130 g/mol. The predicted octanol–water partition coefficient (Wildman–Crippen LogP) is 22.1. The molecular formula is C86H55N3. The van der Waals surface area contributed by atoms with Crippen LogP contribution in [0.15, 0.2) is 334 Å². The van der Waals surface area contributed by atoms with Crippen LogP contribution in [0.5, 0.6) is 0 Å². The van der Waals surface area contributed by atoms with E-state index in [0.29, 0.717) is 0 Å². The Bertz CT molecular complexity index is 5020. The lowest BCUT2D eigenvalue weighted by atomic mass is 9.70. The van der Waals surface area contributed by atoms with Crippen LogP contribution in [0, 0.1) is 0 Å². The smallest absolute Gasteiger partial charge is 0.0726 e. The number of anilines is 6. The molecule has 0 saturated heterocycles. The summed E-state index contributed by atoms with van der Waals surface area (Å²) in [7, 11) is 0. The van der Waals surface area contributed by atoms with Gasteiger partial charge in [-0.05, 0) is 197 Å². The summed E-state index contributed by atoms with van der Waals surface area (Å²) in [6.07, 6.45) is 0. The van der Waals surface area contributed by atoms with E-state index >= 15 is 0 Å². The van der Waals surface area contributed by atoms with E-state index in [1.807, 2.05) is 0 Å². The van der Waals surface area contributed by atoms with Crippen LogP contribution in [0.25, 0.3) is 83.1 Å². The second-order valence-corrected chi connectivity index (χ2v) is 24.2. The Morgan fingerprint density at radius 3 is 0.978 bits per heavy atom. The maximum absolute atomic E-state index is 2.52. The van der Waals surface area contributed by atoms with Gasteiger partial charge in [0.25, 0.3) is 0 Å². The van der Waals surface area contributed by atoms with Crippen LogP contribution in [0.1, 0.15) is 44.5 Å². The highest BCUT2D eigenvalue weighted by Crippen LogP contribution is 2.65. The first-order valence-corrected chi connectivity index (χ1v) is 31.0. The molecule has 1 heterocycles. The number of hydrogen-bond acceptors (Lipinski definition) is 2. The van der Waals surface area contributed by atoms with E-state index in [-0.39, 0.29) is 0 Å². The quantitative estimate of drug-likeness (QED) is 0.150. The van der Waals surface area contributed by atoms with Crippen LogP contribution in [0.4, 0.5) is 34.1 Å². The number of nitrogens with zero attached hydrogens (tertiary/aromatic N) is 3. The molecule has 0 unspecified atom stereocenters. The van der Waals surface area contributed by atoms with Gasteiger partial charge in [-0.25, -0.2) is 0 Å². The Balaban J connectivity index is 0.876. The van der Waals surface area contributed by atoms with Crippen molar-refractivity contribution < 1.29 is 0 Å². The van der Waals surface area contributed by atoms with Gasteiger partial charge in [-0.2, -0.15) is 0 Å². The molecule has 0 amide bonds. The molecule has 1 aromatic heterocycles. The Morgan fingerprint density at radius 2 is 0.551 bits per heavy atom. The van der Waals surface area contributed by atoms with Crippen LogP contribution < -0.4 is 9.80 Å². The molecular weight excluding hydrogens is 1070 g/mol. The summed E-state index contributed by atoms with van der Waals surface area (Å²) in [5, 5.41) is 2.42. The predicted molar refractivity (Wildman–Crippen MR) is 368 cm³/mol. The second-order valence-electron chi connectivity index (χ2n) is 24.2. The third kappa shape index (κ3) is 6.87. The van der Waals surface area contributed by atoms with Crippen LogP contribution in [0.2, 0.25) is 0 Å². The van der Waals surface area contributed by atoms with Gasteiger partial charge in [0.2, 0.25) is 0 Å². The van der Waals surface area contributed by atoms with Gasteiger partial charge in [-0.3, -0.25) is 0 Å². The lowest BCUT2D eigenvalue weighted by Gasteiger charge is -2.33. The molecule has 0 N–H and O–H groups in total. The summed E-state index contributed by atoms with van der Waals surface area (Å²) in [5.41, 5.74) is 31.8. The highest BCUT2D eigenvalue weighted by molar-refractivity contribution is 6.11. The van der Waals surface area contributed by atoms with Crippen LogP contribution in [-0.2, 0) is 10.8 Å². The first kappa shape index (κ1) is 49.7. The minimum absolute atomic E-state index is 0.520. The van der Waals surface area contributed by atoms with Crippen molar-refractivity contribution in [3.63, 3.8) is 0 Å². The molecule has 0 saturated carbocycles. The van der Waals surface area contributed by atoms with E-state index < -0.39 is 10.8 Å². The van der Waals surface area contributed by atoms with Crippen LogP contribution in [-0.4, -0.2) is 4.57 Å². The van der Waals surface area contributed by atoms with Crippen molar-refractivity contribution in [3.05, 3.63) is 378 Å². The van der Waals surface area contributed by atoms with Gasteiger partial charge in [-0.15, -0.1) is 0 Å². The summed E-state index contributed by atoms with van der Waals surface area (Å²) in [6.45, 7) is 0. The second kappa shape index (κ2) is 19.0. The molecule has 0 aliphatic heterocycles. The Hall–Kier alpha value is -11.5. The van der Waals surface area contributed by atoms with Crippen molar-refractivity contribution in [2.75, 3.05) is 9.80 Å². The van der Waals surface area contributed by atoms with E-state index in [1.54, 1.807) is 0 Å². The van der Waals surface area contributed by atoms with E-state index in [9.17, 15) is 0 Å². The summed E-state index contributed by atoms with van der Waals surface area (Å²) < 4.78 is 2.41. The molecule has 19 rings (SSSR count). The highest BCUT2D eigenvalue weighted by atomic mass is 15.2. The molecule has 89 heavy (non-hydrogen) atoms. The molecule has 414 valence electrons. The Kier molecular flexibility index (Phi) is 10.6. The maximum Gasteiger partial charge on any atom is 0.0726 e. The monoisotopic (exact) mass is 1130 g/mol. The van der Waals surface area contributed by atoms with Crippen molar-refractivity contribution in [3.8, 4) is 61.3 Å². The highest BCUT2D eigenvalue weighted by Gasteiger charge is 2.53. The van der Waals surface area contributed by atoms with Gasteiger partial charge in [0.05, 0.1) is 21.9 Å². The normalized spacial score (nSPS) is 13.6. The standard InChI is InChI=1S/C86H55N3/c1-4-24-58(25-5-1)87(61-45-47-71-69-34-14-21-41-79(69)85(81(71)54-61)75-37-17-10-30-65(75)66-31-11-18-38-76(66)85)63-50-57(56-44-49-84-74(52-56)73-36-16-23-43-83(73)89(84)60-28-8-3-9-29-60)51-64(53-63)88(59-26-6-2-7-27-59)62-46-48-72-70-35-15-22-42-80(70)86(82(72)55-62)77-39-19-12-32-67(77)68-33-13-20-40-78(68)86/h1-55H. The van der Waals surface area contributed by atoms with Crippen molar-refractivity contribution in [2.45, 2.75) is 10.8 Å².